The zero-order valence-corrected chi connectivity index (χ0v) is 21.2. The Hall–Kier alpha value is -2.71. The SMILES string of the molecule is CCN(CC)S(=O)(=O)c1cccc(C(=O)N[C@H](C(=O)N[C@@H]2CCCc3ccccc32)C(C)C)c1. The van der Waals surface area contributed by atoms with E-state index in [9.17, 15) is 18.0 Å². The van der Waals surface area contributed by atoms with Crippen molar-refractivity contribution in [3.05, 3.63) is 65.2 Å². The molecule has 3 rings (SSSR count). The molecule has 1 aliphatic carbocycles. The van der Waals surface area contributed by atoms with Gasteiger partial charge in [-0.3, -0.25) is 9.59 Å². The van der Waals surface area contributed by atoms with E-state index in [0.29, 0.717) is 13.1 Å². The monoisotopic (exact) mass is 485 g/mol. The summed E-state index contributed by atoms with van der Waals surface area (Å²) in [5, 5.41) is 5.95. The molecule has 0 fully saturated rings. The lowest BCUT2D eigenvalue weighted by atomic mass is 9.87. The predicted molar refractivity (Wildman–Crippen MR) is 133 cm³/mol. The molecule has 2 atom stereocenters. The Morgan fingerprint density at radius 3 is 2.44 bits per heavy atom. The van der Waals surface area contributed by atoms with E-state index in [1.165, 1.54) is 22.0 Å². The summed E-state index contributed by atoms with van der Waals surface area (Å²) in [5.74, 6) is -0.864. The van der Waals surface area contributed by atoms with Gasteiger partial charge in [0, 0.05) is 18.7 Å². The number of benzene rings is 2. The quantitative estimate of drug-likeness (QED) is 0.567. The Morgan fingerprint density at radius 2 is 1.76 bits per heavy atom. The zero-order chi connectivity index (χ0) is 24.9. The van der Waals surface area contributed by atoms with Gasteiger partial charge < -0.3 is 10.6 Å². The summed E-state index contributed by atoms with van der Waals surface area (Å²) in [7, 11) is -3.69. The minimum Gasteiger partial charge on any atom is -0.347 e. The molecule has 2 aromatic carbocycles. The number of fused-ring (bicyclic) bond motifs is 1. The fraction of sp³-hybridized carbons (Fsp3) is 0.462. The number of rotatable bonds is 9. The number of aryl methyl sites for hydroxylation is 1. The fourth-order valence-corrected chi connectivity index (χ4v) is 5.94. The van der Waals surface area contributed by atoms with Crippen LogP contribution in [-0.4, -0.2) is 43.7 Å². The molecule has 184 valence electrons. The first-order chi connectivity index (χ1) is 16.2. The summed E-state index contributed by atoms with van der Waals surface area (Å²) in [6, 6.07) is 13.3. The van der Waals surface area contributed by atoms with Gasteiger partial charge >= 0.3 is 0 Å². The van der Waals surface area contributed by atoms with Crippen LogP contribution in [0.3, 0.4) is 0 Å². The maximum Gasteiger partial charge on any atom is 0.251 e. The van der Waals surface area contributed by atoms with Crippen molar-refractivity contribution in [3.8, 4) is 0 Å². The van der Waals surface area contributed by atoms with Crippen molar-refractivity contribution in [2.24, 2.45) is 5.92 Å². The van der Waals surface area contributed by atoms with Crippen molar-refractivity contribution in [2.45, 2.75) is 63.9 Å². The van der Waals surface area contributed by atoms with Crippen LogP contribution >= 0.6 is 0 Å². The Labute approximate surface area is 203 Å². The van der Waals surface area contributed by atoms with Gasteiger partial charge in [0.05, 0.1) is 10.9 Å². The lowest BCUT2D eigenvalue weighted by Crippen LogP contribution is -2.50. The Balaban J connectivity index is 1.77. The van der Waals surface area contributed by atoms with Crippen LogP contribution in [0.2, 0.25) is 0 Å². The minimum atomic E-state index is -3.69. The highest BCUT2D eigenvalue weighted by molar-refractivity contribution is 7.89. The molecule has 0 saturated carbocycles. The Bertz CT molecular complexity index is 1130. The molecule has 1 aliphatic rings. The molecule has 0 heterocycles. The highest BCUT2D eigenvalue weighted by Gasteiger charge is 2.29. The van der Waals surface area contributed by atoms with Crippen LogP contribution in [0.25, 0.3) is 0 Å². The molecule has 2 N–H and O–H groups in total. The number of carbonyl (C=O) groups is 2. The molecule has 0 aromatic heterocycles. The van der Waals surface area contributed by atoms with Gasteiger partial charge in [-0.2, -0.15) is 4.31 Å². The van der Waals surface area contributed by atoms with Crippen LogP contribution in [-0.2, 0) is 21.2 Å². The summed E-state index contributed by atoms with van der Waals surface area (Å²) < 4.78 is 27.1. The maximum atomic E-state index is 13.2. The van der Waals surface area contributed by atoms with Gasteiger partial charge in [0.25, 0.3) is 5.91 Å². The van der Waals surface area contributed by atoms with Crippen LogP contribution in [0.15, 0.2) is 53.4 Å². The van der Waals surface area contributed by atoms with Crippen LogP contribution < -0.4 is 10.6 Å². The van der Waals surface area contributed by atoms with Crippen molar-refractivity contribution < 1.29 is 18.0 Å². The molecule has 2 aromatic rings. The smallest absolute Gasteiger partial charge is 0.251 e. The molecule has 8 heteroatoms. The number of nitrogens with one attached hydrogen (secondary N) is 2. The largest absolute Gasteiger partial charge is 0.347 e. The van der Waals surface area contributed by atoms with E-state index in [-0.39, 0.29) is 28.3 Å². The first kappa shape index (κ1) is 25.9. The van der Waals surface area contributed by atoms with Gasteiger partial charge in [-0.25, -0.2) is 8.42 Å². The normalized spacial score (nSPS) is 16.7. The average Bonchev–Trinajstić information content (AvgIpc) is 2.83. The fourth-order valence-electron chi connectivity index (χ4n) is 4.44. The van der Waals surface area contributed by atoms with E-state index in [0.717, 1.165) is 24.8 Å². The standard InChI is InChI=1S/C26H35N3O4S/c1-5-29(6-2)34(32,33)21-14-9-13-20(17-21)25(30)28-24(18(3)4)26(31)27-23-16-10-12-19-11-7-8-15-22(19)23/h7-9,11,13-15,17-18,23-24H,5-6,10,12,16H2,1-4H3,(H,27,31)(H,28,30)/t23-,24+/m1/s1. The lowest BCUT2D eigenvalue weighted by molar-refractivity contribution is -0.124. The highest BCUT2D eigenvalue weighted by Crippen LogP contribution is 2.29. The lowest BCUT2D eigenvalue weighted by Gasteiger charge is -2.29. The third-order valence-corrected chi connectivity index (χ3v) is 8.41. The van der Waals surface area contributed by atoms with E-state index in [4.69, 9.17) is 0 Å². The van der Waals surface area contributed by atoms with Crippen molar-refractivity contribution in [3.63, 3.8) is 0 Å². The van der Waals surface area contributed by atoms with Gasteiger partial charge in [-0.05, 0) is 54.5 Å². The zero-order valence-electron chi connectivity index (χ0n) is 20.4. The number of nitrogens with zero attached hydrogens (tertiary/aromatic N) is 1. The van der Waals surface area contributed by atoms with E-state index >= 15 is 0 Å². The van der Waals surface area contributed by atoms with E-state index in [1.54, 1.807) is 26.0 Å². The third-order valence-electron chi connectivity index (χ3n) is 6.36. The van der Waals surface area contributed by atoms with Crippen LogP contribution in [0.4, 0.5) is 0 Å². The molecule has 0 radical (unpaired) electrons. The molecular formula is C26H35N3O4S. The molecular weight excluding hydrogens is 450 g/mol. The first-order valence-corrected chi connectivity index (χ1v) is 13.4. The van der Waals surface area contributed by atoms with Crippen molar-refractivity contribution in [2.75, 3.05) is 13.1 Å². The maximum absolute atomic E-state index is 13.2. The number of hydrogen-bond donors (Lipinski definition) is 2. The topological polar surface area (TPSA) is 95.6 Å². The van der Waals surface area contributed by atoms with Crippen LogP contribution in [0, 0.1) is 5.92 Å². The van der Waals surface area contributed by atoms with E-state index in [1.807, 2.05) is 32.0 Å². The van der Waals surface area contributed by atoms with Gasteiger partial charge in [-0.15, -0.1) is 0 Å². The van der Waals surface area contributed by atoms with Crippen molar-refractivity contribution >= 4 is 21.8 Å². The molecule has 0 unspecified atom stereocenters. The molecule has 0 bridgehead atoms. The number of amides is 2. The molecule has 0 aliphatic heterocycles. The molecule has 0 spiro atoms. The van der Waals surface area contributed by atoms with Crippen LogP contribution in [0.1, 0.15) is 68.1 Å². The molecule has 0 saturated heterocycles. The van der Waals surface area contributed by atoms with E-state index in [2.05, 4.69) is 16.7 Å². The van der Waals surface area contributed by atoms with E-state index < -0.39 is 22.0 Å². The number of hydrogen-bond acceptors (Lipinski definition) is 4. The average molecular weight is 486 g/mol. The van der Waals surface area contributed by atoms with Crippen molar-refractivity contribution in [1.29, 1.82) is 0 Å². The Kier molecular flexibility index (Phi) is 8.49. The van der Waals surface area contributed by atoms with Crippen molar-refractivity contribution in [1.82, 2.24) is 14.9 Å². The number of sulfonamides is 1. The van der Waals surface area contributed by atoms with Gasteiger partial charge in [0.15, 0.2) is 0 Å². The molecule has 34 heavy (non-hydrogen) atoms. The predicted octanol–water partition coefficient (Wildman–Crippen LogP) is 3.67. The summed E-state index contributed by atoms with van der Waals surface area (Å²) >= 11 is 0. The third kappa shape index (κ3) is 5.67. The van der Waals surface area contributed by atoms with Gasteiger partial charge in [0.1, 0.15) is 6.04 Å². The number of carbonyl (C=O) groups excluding carboxylic acids is 2. The summed E-state index contributed by atoms with van der Waals surface area (Å²) in [6.07, 6.45) is 2.85. The summed E-state index contributed by atoms with van der Waals surface area (Å²) in [4.78, 5) is 26.3. The van der Waals surface area contributed by atoms with Crippen LogP contribution in [0.5, 0.6) is 0 Å². The Morgan fingerprint density at radius 1 is 1.06 bits per heavy atom. The molecule has 2 amide bonds. The first-order valence-electron chi connectivity index (χ1n) is 12.0. The van der Waals surface area contributed by atoms with Gasteiger partial charge in [0.2, 0.25) is 15.9 Å². The second kappa shape index (κ2) is 11.1. The minimum absolute atomic E-state index is 0.0632. The summed E-state index contributed by atoms with van der Waals surface area (Å²) in [5.41, 5.74) is 2.58. The second-order valence-electron chi connectivity index (χ2n) is 8.96. The summed E-state index contributed by atoms with van der Waals surface area (Å²) in [6.45, 7) is 7.98. The highest BCUT2D eigenvalue weighted by atomic mass is 32.2. The second-order valence-corrected chi connectivity index (χ2v) is 10.9. The molecule has 7 nitrogen and oxygen atoms in total. The van der Waals surface area contributed by atoms with Gasteiger partial charge in [-0.1, -0.05) is 58.0 Å².